The molecule has 144 valence electrons. The normalized spacial score (nSPS) is 10.8. The van der Waals surface area contributed by atoms with Crippen molar-refractivity contribution in [2.45, 2.75) is 26.3 Å². The highest BCUT2D eigenvalue weighted by Crippen LogP contribution is 2.24. The van der Waals surface area contributed by atoms with Gasteiger partial charge in [-0.25, -0.2) is 0 Å². The van der Waals surface area contributed by atoms with Gasteiger partial charge in [-0.15, -0.1) is 0 Å². The summed E-state index contributed by atoms with van der Waals surface area (Å²) in [6.45, 7) is 2.41. The number of fused-ring (bicyclic) bond motifs is 1. The number of nitrogens with one attached hydrogen (secondary N) is 1. The zero-order chi connectivity index (χ0) is 20.3. The van der Waals surface area contributed by atoms with Crippen LogP contribution < -0.4 is 16.6 Å². The molecule has 0 aliphatic heterocycles. The van der Waals surface area contributed by atoms with Gasteiger partial charge in [0.05, 0.1) is 16.8 Å². The first kappa shape index (κ1) is 19.2. The lowest BCUT2D eigenvalue weighted by Gasteiger charge is -2.16. The van der Waals surface area contributed by atoms with Crippen LogP contribution in [-0.2, 0) is 6.54 Å². The predicted molar refractivity (Wildman–Crippen MR) is 108 cm³/mol. The standard InChI is InChI=1S/C21H21N3O4/c1-2-3-12-24-15-10-6-4-8-13(15)17(19(22)26)18(21(24)28)20(27)23-14-9-5-7-11-16(14)25/h4-11,25H,2-3,12H2,1H3,(H2,22,26)(H,23,27). The van der Waals surface area contributed by atoms with Crippen LogP contribution in [0.4, 0.5) is 5.69 Å². The molecule has 0 unspecified atom stereocenters. The van der Waals surface area contributed by atoms with Crippen molar-refractivity contribution in [2.24, 2.45) is 5.73 Å². The molecule has 7 nitrogen and oxygen atoms in total. The van der Waals surface area contributed by atoms with E-state index in [0.717, 1.165) is 12.8 Å². The minimum absolute atomic E-state index is 0.124. The molecule has 0 fully saturated rings. The number of hydrogen-bond acceptors (Lipinski definition) is 4. The summed E-state index contributed by atoms with van der Waals surface area (Å²) >= 11 is 0. The van der Waals surface area contributed by atoms with Crippen molar-refractivity contribution >= 4 is 28.4 Å². The summed E-state index contributed by atoms with van der Waals surface area (Å²) in [4.78, 5) is 38.3. The smallest absolute Gasteiger partial charge is 0.264 e. The average molecular weight is 379 g/mol. The molecule has 0 radical (unpaired) electrons. The summed E-state index contributed by atoms with van der Waals surface area (Å²) in [5.74, 6) is -1.81. The third-order valence-corrected chi connectivity index (χ3v) is 4.53. The van der Waals surface area contributed by atoms with Gasteiger partial charge >= 0.3 is 0 Å². The fourth-order valence-electron chi connectivity index (χ4n) is 3.18. The van der Waals surface area contributed by atoms with E-state index in [9.17, 15) is 19.5 Å². The van der Waals surface area contributed by atoms with Crippen molar-refractivity contribution in [3.05, 3.63) is 70.0 Å². The number of pyridine rings is 1. The SMILES string of the molecule is CCCCn1c(=O)c(C(=O)Nc2ccccc2O)c(C(N)=O)c2ccccc21. The molecule has 3 aromatic rings. The molecule has 3 rings (SSSR count). The maximum Gasteiger partial charge on any atom is 0.264 e. The van der Waals surface area contributed by atoms with Crippen LogP contribution >= 0.6 is 0 Å². The summed E-state index contributed by atoms with van der Waals surface area (Å²) < 4.78 is 1.49. The summed E-state index contributed by atoms with van der Waals surface area (Å²) in [5, 5.41) is 12.8. The van der Waals surface area contributed by atoms with E-state index in [-0.39, 0.29) is 22.6 Å². The fraction of sp³-hybridized carbons (Fsp3) is 0.190. The lowest BCUT2D eigenvalue weighted by Crippen LogP contribution is -2.34. The molecule has 0 saturated heterocycles. The second kappa shape index (κ2) is 7.96. The van der Waals surface area contributed by atoms with Crippen LogP contribution in [0.15, 0.2) is 53.3 Å². The number of hydrogen-bond donors (Lipinski definition) is 3. The van der Waals surface area contributed by atoms with Gasteiger partial charge in [0.25, 0.3) is 11.5 Å². The van der Waals surface area contributed by atoms with Gasteiger partial charge in [0, 0.05) is 11.9 Å². The van der Waals surface area contributed by atoms with E-state index in [1.165, 1.54) is 16.7 Å². The Labute approximate surface area is 161 Å². The van der Waals surface area contributed by atoms with Crippen LogP contribution in [0, 0.1) is 0 Å². The highest BCUT2D eigenvalue weighted by atomic mass is 16.3. The fourth-order valence-corrected chi connectivity index (χ4v) is 3.18. The van der Waals surface area contributed by atoms with Crippen molar-refractivity contribution in [2.75, 3.05) is 5.32 Å². The van der Waals surface area contributed by atoms with Crippen LogP contribution in [0.25, 0.3) is 10.9 Å². The lowest BCUT2D eigenvalue weighted by atomic mass is 10.0. The van der Waals surface area contributed by atoms with Gasteiger partial charge in [-0.3, -0.25) is 14.4 Å². The number of unbranched alkanes of at least 4 members (excludes halogenated alkanes) is 1. The van der Waals surface area contributed by atoms with Gasteiger partial charge < -0.3 is 20.7 Å². The number of phenolic OH excluding ortho intramolecular Hbond substituents is 1. The van der Waals surface area contributed by atoms with Gasteiger partial charge in [0.15, 0.2) is 0 Å². The summed E-state index contributed by atoms with van der Waals surface area (Å²) in [5.41, 5.74) is 5.19. The molecule has 0 spiro atoms. The number of anilines is 1. The number of primary amides is 1. The number of benzene rings is 2. The topological polar surface area (TPSA) is 114 Å². The number of carbonyl (C=O) groups is 2. The number of rotatable bonds is 6. The highest BCUT2D eigenvalue weighted by molar-refractivity contribution is 6.17. The monoisotopic (exact) mass is 379 g/mol. The number of aromatic hydroxyl groups is 1. The number of aryl methyl sites for hydroxylation is 1. The van der Waals surface area contributed by atoms with E-state index >= 15 is 0 Å². The zero-order valence-electron chi connectivity index (χ0n) is 15.4. The van der Waals surface area contributed by atoms with Crippen LogP contribution in [0.3, 0.4) is 0 Å². The lowest BCUT2D eigenvalue weighted by molar-refractivity contribution is 0.0977. The molecule has 0 aliphatic rings. The molecule has 2 amide bonds. The van der Waals surface area contributed by atoms with Crippen LogP contribution in [-0.4, -0.2) is 21.5 Å². The maximum absolute atomic E-state index is 13.2. The highest BCUT2D eigenvalue weighted by Gasteiger charge is 2.25. The zero-order valence-corrected chi connectivity index (χ0v) is 15.4. The summed E-state index contributed by atoms with van der Waals surface area (Å²) in [7, 11) is 0. The van der Waals surface area contributed by atoms with E-state index in [1.807, 2.05) is 6.92 Å². The van der Waals surface area contributed by atoms with E-state index in [1.54, 1.807) is 36.4 Å². The van der Waals surface area contributed by atoms with Crippen LogP contribution in [0.2, 0.25) is 0 Å². The van der Waals surface area contributed by atoms with Crippen molar-refractivity contribution in [1.29, 1.82) is 0 Å². The molecule has 0 aliphatic carbocycles. The number of aromatic nitrogens is 1. The van der Waals surface area contributed by atoms with Crippen LogP contribution in [0.5, 0.6) is 5.75 Å². The van der Waals surface area contributed by atoms with Gasteiger partial charge in [0.2, 0.25) is 5.91 Å². The molecule has 2 aromatic carbocycles. The quantitative estimate of drug-likeness (QED) is 0.571. The van der Waals surface area contributed by atoms with E-state index in [2.05, 4.69) is 5.32 Å². The molecular formula is C21H21N3O4. The second-order valence-corrected chi connectivity index (χ2v) is 6.41. The number of phenols is 1. The number of nitrogens with zero attached hydrogens (tertiary/aromatic N) is 1. The Morgan fingerprint density at radius 1 is 1.07 bits per heavy atom. The second-order valence-electron chi connectivity index (χ2n) is 6.41. The molecule has 1 heterocycles. The number of para-hydroxylation sites is 3. The molecule has 28 heavy (non-hydrogen) atoms. The average Bonchev–Trinajstić information content (AvgIpc) is 2.68. The first-order valence-electron chi connectivity index (χ1n) is 9.00. The molecule has 0 bridgehead atoms. The summed E-state index contributed by atoms with van der Waals surface area (Å²) in [6, 6.07) is 13.0. The molecule has 7 heteroatoms. The largest absolute Gasteiger partial charge is 0.506 e. The minimum Gasteiger partial charge on any atom is -0.506 e. The third-order valence-electron chi connectivity index (χ3n) is 4.53. The first-order valence-corrected chi connectivity index (χ1v) is 9.00. The molecule has 1 aromatic heterocycles. The Kier molecular flexibility index (Phi) is 5.44. The Bertz CT molecular complexity index is 1120. The van der Waals surface area contributed by atoms with E-state index in [4.69, 9.17) is 5.73 Å². The van der Waals surface area contributed by atoms with Gasteiger partial charge in [-0.05, 0) is 24.6 Å². The van der Waals surface area contributed by atoms with E-state index in [0.29, 0.717) is 17.4 Å². The maximum atomic E-state index is 13.2. The predicted octanol–water partition coefficient (Wildman–Crippen LogP) is 2.86. The molecule has 4 N–H and O–H groups in total. The Morgan fingerprint density at radius 3 is 2.43 bits per heavy atom. The minimum atomic E-state index is -0.863. The third kappa shape index (κ3) is 3.46. The van der Waals surface area contributed by atoms with Crippen molar-refractivity contribution in [3.8, 4) is 5.75 Å². The number of nitrogens with two attached hydrogens (primary N) is 1. The van der Waals surface area contributed by atoms with Gasteiger partial charge in [0.1, 0.15) is 11.3 Å². The molecule has 0 atom stereocenters. The van der Waals surface area contributed by atoms with Gasteiger partial charge in [-0.2, -0.15) is 0 Å². The Balaban J connectivity index is 2.25. The van der Waals surface area contributed by atoms with Crippen molar-refractivity contribution in [1.82, 2.24) is 4.57 Å². The van der Waals surface area contributed by atoms with Crippen molar-refractivity contribution in [3.63, 3.8) is 0 Å². The van der Waals surface area contributed by atoms with Gasteiger partial charge in [-0.1, -0.05) is 43.7 Å². The summed E-state index contributed by atoms with van der Waals surface area (Å²) in [6.07, 6.45) is 1.60. The van der Waals surface area contributed by atoms with Crippen molar-refractivity contribution < 1.29 is 14.7 Å². The first-order chi connectivity index (χ1) is 13.5. The molecular weight excluding hydrogens is 358 g/mol. The Hall–Kier alpha value is -3.61. The molecule has 0 saturated carbocycles. The van der Waals surface area contributed by atoms with Crippen LogP contribution in [0.1, 0.15) is 40.5 Å². The number of amides is 2. The van der Waals surface area contributed by atoms with E-state index < -0.39 is 17.4 Å². The Morgan fingerprint density at radius 2 is 1.75 bits per heavy atom. The number of carbonyl (C=O) groups excluding carboxylic acids is 2.